The molecule has 2 aliphatic heterocycles. The third-order valence-corrected chi connectivity index (χ3v) is 11.1. The first-order valence-corrected chi connectivity index (χ1v) is 21.5. The van der Waals surface area contributed by atoms with Crippen LogP contribution in [0.15, 0.2) is 60.7 Å². The number of alkyl halides is 3. The maximum Gasteiger partial charge on any atom is 0.417 e. The fourth-order valence-electron chi connectivity index (χ4n) is 8.13. The maximum atomic E-state index is 14.8. The van der Waals surface area contributed by atoms with Crippen molar-refractivity contribution in [3.8, 4) is 16.9 Å². The number of ether oxygens (including phenoxy) is 2. The van der Waals surface area contributed by atoms with Gasteiger partial charge in [-0.1, -0.05) is 67.1 Å². The van der Waals surface area contributed by atoms with E-state index in [9.17, 15) is 57.6 Å². The molecule has 0 unspecified atom stereocenters. The van der Waals surface area contributed by atoms with E-state index in [0.717, 1.165) is 28.3 Å². The first-order valence-electron chi connectivity index (χ1n) is 21.5. The van der Waals surface area contributed by atoms with E-state index in [4.69, 9.17) is 9.47 Å². The zero-order valence-corrected chi connectivity index (χ0v) is 36.8. The van der Waals surface area contributed by atoms with Crippen molar-refractivity contribution in [2.45, 2.75) is 44.9 Å². The van der Waals surface area contributed by atoms with Crippen molar-refractivity contribution in [1.29, 1.82) is 0 Å². The van der Waals surface area contributed by atoms with Gasteiger partial charge in [-0.15, -0.1) is 0 Å². The molecular formula is C46H57F3N6O11. The molecule has 0 radical (unpaired) electrons. The number of likely N-dealkylation sites (tertiary alicyclic amines) is 1. The van der Waals surface area contributed by atoms with Crippen molar-refractivity contribution >= 4 is 41.9 Å². The lowest BCUT2D eigenvalue weighted by atomic mass is 9.95. The molecule has 0 bridgehead atoms. The molecule has 20 heteroatoms. The molecule has 0 spiro atoms. The van der Waals surface area contributed by atoms with E-state index in [0.29, 0.717) is 25.8 Å². The van der Waals surface area contributed by atoms with Crippen LogP contribution in [0.4, 0.5) is 13.2 Å². The van der Waals surface area contributed by atoms with Gasteiger partial charge < -0.3 is 35.2 Å². The summed E-state index contributed by atoms with van der Waals surface area (Å²) in [6.45, 7) is 0.739. The van der Waals surface area contributed by atoms with Gasteiger partial charge >= 0.3 is 30.1 Å². The van der Waals surface area contributed by atoms with Crippen molar-refractivity contribution in [3.05, 3.63) is 88.5 Å². The van der Waals surface area contributed by atoms with Crippen LogP contribution in [0.5, 0.6) is 5.75 Å². The number of benzene rings is 3. The number of halogens is 3. The van der Waals surface area contributed by atoms with Crippen LogP contribution in [0.3, 0.4) is 0 Å². The lowest BCUT2D eigenvalue weighted by Gasteiger charge is -2.33. The van der Waals surface area contributed by atoms with E-state index >= 15 is 0 Å². The van der Waals surface area contributed by atoms with Crippen LogP contribution in [0.25, 0.3) is 23.3 Å². The number of carbonyl (C=O) groups excluding carboxylic acids is 1. The Hall–Kier alpha value is -5.90. The predicted octanol–water partition coefficient (Wildman–Crippen LogP) is 4.15. The number of nitrogens with zero attached hydrogens (tertiary/aromatic N) is 5. The molecule has 0 aromatic heterocycles. The number of amides is 1. The van der Waals surface area contributed by atoms with Gasteiger partial charge in [0, 0.05) is 31.7 Å². The number of carboxylic acids is 4. The third kappa shape index (κ3) is 15.9. The number of rotatable bonds is 21. The molecular weight excluding hydrogens is 870 g/mol. The SMILES string of the molecule is Cc1c(/C=C/c2cc(OCCOCCNC(=O)CN3CN(CC(=O)O)CCN(CC(=O)O)CN(CC(=O)O)C3)c(CN3CCCC[C@H]3C(=O)O)cc2C(F)(F)F)cccc1-c1ccccc1. The summed E-state index contributed by atoms with van der Waals surface area (Å²) in [5, 5.41) is 40.9. The number of carboxylic acid groups (broad SMARTS) is 4. The van der Waals surface area contributed by atoms with Crippen molar-refractivity contribution < 1.29 is 67.0 Å². The molecule has 2 heterocycles. The summed E-state index contributed by atoms with van der Waals surface area (Å²) in [4.78, 5) is 67.5. The van der Waals surface area contributed by atoms with Crippen LogP contribution in [-0.2, 0) is 41.4 Å². The highest BCUT2D eigenvalue weighted by atomic mass is 19.4. The topological polar surface area (TPSA) is 213 Å². The molecule has 1 atom stereocenters. The molecule has 3 aromatic carbocycles. The first-order chi connectivity index (χ1) is 31.5. The molecule has 66 heavy (non-hydrogen) atoms. The van der Waals surface area contributed by atoms with Crippen LogP contribution in [0, 0.1) is 6.92 Å². The lowest BCUT2D eigenvalue weighted by molar-refractivity contribution is -0.145. The molecule has 5 rings (SSSR count). The Morgan fingerprint density at radius 3 is 1.98 bits per heavy atom. The molecule has 0 aliphatic carbocycles. The van der Waals surface area contributed by atoms with Gasteiger partial charge in [0.1, 0.15) is 18.4 Å². The van der Waals surface area contributed by atoms with Gasteiger partial charge in [0.05, 0.1) is 65.0 Å². The largest absolute Gasteiger partial charge is 0.491 e. The smallest absolute Gasteiger partial charge is 0.417 e. The summed E-state index contributed by atoms with van der Waals surface area (Å²) in [6, 6.07) is 16.7. The fourth-order valence-corrected chi connectivity index (χ4v) is 8.13. The van der Waals surface area contributed by atoms with Crippen LogP contribution in [0.1, 0.15) is 47.1 Å². The van der Waals surface area contributed by atoms with Crippen molar-refractivity contribution in [1.82, 2.24) is 29.8 Å². The highest BCUT2D eigenvalue weighted by Crippen LogP contribution is 2.38. The normalized spacial score (nSPS) is 17.5. The Morgan fingerprint density at radius 2 is 1.35 bits per heavy atom. The zero-order chi connectivity index (χ0) is 47.8. The Morgan fingerprint density at radius 1 is 0.727 bits per heavy atom. The number of hydrogen-bond donors (Lipinski definition) is 5. The monoisotopic (exact) mass is 926 g/mol. The molecule has 0 saturated carbocycles. The quantitative estimate of drug-likeness (QED) is 0.0750. The highest BCUT2D eigenvalue weighted by molar-refractivity contribution is 5.79. The Balaban J connectivity index is 1.25. The Kier molecular flexibility index (Phi) is 19.0. The van der Waals surface area contributed by atoms with E-state index in [1.54, 1.807) is 15.9 Å². The summed E-state index contributed by atoms with van der Waals surface area (Å²) < 4.78 is 56.1. The van der Waals surface area contributed by atoms with Crippen molar-refractivity contribution in [3.63, 3.8) is 0 Å². The summed E-state index contributed by atoms with van der Waals surface area (Å²) in [7, 11) is 0. The highest BCUT2D eigenvalue weighted by Gasteiger charge is 2.36. The Labute approximate surface area is 380 Å². The van der Waals surface area contributed by atoms with Crippen molar-refractivity contribution in [2.75, 3.05) is 92.2 Å². The summed E-state index contributed by atoms with van der Waals surface area (Å²) in [6.07, 6.45) is 0.00848. The molecule has 17 nitrogen and oxygen atoms in total. The standard InChI is InChI=1S/C46H57F3N6O11/c1-32-33(10-7-11-37(32)34-8-3-2-4-9-34)13-14-35-23-40(36(22-38(35)46(47,48)49)24-55-16-6-5-12-39(55)45(63)64)66-21-20-65-19-15-50-41(56)25-53-29-51(26-42(57)58)17-18-52(27-43(59)60)30-54(31-53)28-44(61)62/h2-4,7-11,13-14,22-23,39H,5-6,12,15-21,24-31H2,1H3,(H,50,56)(H,57,58)(H,59,60)(H,61,62)(H,63,64)/b14-13+/t39-/m0/s1. The third-order valence-electron chi connectivity index (χ3n) is 11.1. The molecule has 5 N–H and O–H groups in total. The first kappa shape index (κ1) is 51.1. The molecule has 2 aliphatic rings. The van der Waals surface area contributed by atoms with E-state index in [1.807, 2.05) is 55.5 Å². The molecule has 358 valence electrons. The van der Waals surface area contributed by atoms with Crippen LogP contribution >= 0.6 is 0 Å². The number of piperidine rings is 1. The maximum absolute atomic E-state index is 14.8. The van der Waals surface area contributed by atoms with Crippen LogP contribution < -0.4 is 10.1 Å². The summed E-state index contributed by atoms with van der Waals surface area (Å²) in [5.41, 5.74) is 2.62. The van der Waals surface area contributed by atoms with Gasteiger partial charge in [0.15, 0.2) is 0 Å². The molecule has 2 fully saturated rings. The number of hydrogen-bond acceptors (Lipinski definition) is 12. The minimum atomic E-state index is -4.75. The van der Waals surface area contributed by atoms with Gasteiger partial charge in [-0.25, -0.2) is 0 Å². The average molecular weight is 927 g/mol. The zero-order valence-electron chi connectivity index (χ0n) is 36.8. The number of nitrogens with one attached hydrogen (secondary N) is 1. The minimum absolute atomic E-state index is 0.0127. The molecule has 2 saturated heterocycles. The van der Waals surface area contributed by atoms with E-state index < -0.39 is 67.2 Å². The predicted molar refractivity (Wildman–Crippen MR) is 236 cm³/mol. The molecule has 3 aromatic rings. The van der Waals surface area contributed by atoms with Gasteiger partial charge in [-0.2, -0.15) is 13.2 Å². The average Bonchev–Trinajstić information content (AvgIpc) is 3.31. The minimum Gasteiger partial charge on any atom is -0.491 e. The van der Waals surface area contributed by atoms with Gasteiger partial charge in [0.2, 0.25) is 5.91 Å². The van der Waals surface area contributed by atoms with Crippen LogP contribution in [0.2, 0.25) is 0 Å². The van der Waals surface area contributed by atoms with Crippen molar-refractivity contribution in [2.24, 2.45) is 0 Å². The number of aliphatic carboxylic acids is 4. The molecule has 1 amide bonds. The second kappa shape index (κ2) is 24.6. The van der Waals surface area contributed by atoms with E-state index in [2.05, 4.69) is 5.32 Å². The van der Waals surface area contributed by atoms with Gasteiger partial charge in [-0.05, 0) is 66.3 Å². The summed E-state index contributed by atoms with van der Waals surface area (Å²) in [5.74, 6) is -4.84. The van der Waals surface area contributed by atoms with E-state index in [-0.39, 0.29) is 89.4 Å². The van der Waals surface area contributed by atoms with Crippen LogP contribution in [-0.4, -0.2) is 173 Å². The second-order valence-electron chi connectivity index (χ2n) is 16.3. The van der Waals surface area contributed by atoms with E-state index in [1.165, 1.54) is 26.8 Å². The number of carbonyl (C=O) groups is 5. The Bertz CT molecular complexity index is 2180. The van der Waals surface area contributed by atoms with Gasteiger partial charge in [0.25, 0.3) is 0 Å². The van der Waals surface area contributed by atoms with Gasteiger partial charge in [-0.3, -0.25) is 48.5 Å². The fraction of sp³-hybridized carbons (Fsp3) is 0.457. The second-order valence-corrected chi connectivity index (χ2v) is 16.3. The lowest BCUT2D eigenvalue weighted by Crippen LogP contribution is -2.50. The summed E-state index contributed by atoms with van der Waals surface area (Å²) >= 11 is 0.